The summed E-state index contributed by atoms with van der Waals surface area (Å²) in [7, 11) is 0. The molecule has 8 aromatic carbocycles. The van der Waals surface area contributed by atoms with Crippen LogP contribution in [0.1, 0.15) is 51.3 Å². The number of allylic oxidation sites excluding steroid dienone is 3. The van der Waals surface area contributed by atoms with Gasteiger partial charge in [0.1, 0.15) is 0 Å². The van der Waals surface area contributed by atoms with Crippen LogP contribution in [0.2, 0.25) is 0 Å². The van der Waals surface area contributed by atoms with Crippen molar-refractivity contribution in [2.45, 2.75) is 19.3 Å². The Morgan fingerprint density at radius 2 is 1.10 bits per heavy atom. The number of hydrogen-bond donors (Lipinski definition) is 0. The smallest absolute Gasteiger partial charge is 0.0837 e. The zero-order valence-electron chi connectivity index (χ0n) is 35.0. The molecule has 1 aliphatic carbocycles. The van der Waals surface area contributed by atoms with Gasteiger partial charge < -0.3 is 0 Å². The summed E-state index contributed by atoms with van der Waals surface area (Å²) in [6, 6.07) is 71.0. The lowest BCUT2D eigenvalue weighted by molar-refractivity contribution is 0.810. The first-order valence-corrected chi connectivity index (χ1v) is 21.3. The Bertz CT molecular complexity index is 3030. The van der Waals surface area contributed by atoms with E-state index >= 15 is 0 Å². The second kappa shape index (κ2) is 18.2. The fourth-order valence-electron chi connectivity index (χ4n) is 8.67. The molecule has 8 aromatic rings. The van der Waals surface area contributed by atoms with Gasteiger partial charge >= 0.3 is 0 Å². The minimum atomic E-state index is 0.0292. The Labute approximate surface area is 366 Å². The molecule has 0 saturated carbocycles. The van der Waals surface area contributed by atoms with Crippen molar-refractivity contribution in [3.63, 3.8) is 0 Å². The van der Waals surface area contributed by atoms with Crippen molar-refractivity contribution in [3.05, 3.63) is 276 Å². The average Bonchev–Trinajstić information content (AvgIpc) is 3.65. The third-order valence-electron chi connectivity index (χ3n) is 11.8. The Morgan fingerprint density at radius 3 is 1.76 bits per heavy atom. The highest BCUT2D eigenvalue weighted by atomic mass is 14.8. The number of aryl methyl sites for hydroxylation is 1. The standard InChI is InChI=1S/C61H47N/c1-4-60(49-27-15-8-16-28-49)62-53(37-32-43(2)45-20-9-5-10-21-45)42-59-56-31-19-29-50(61(56)57-39-36-52(41-58(57)59)47-24-13-7-14-25-47)34-33-48-26-17-18-30-55(48)54-38-35-51(40-44(54)3)46-22-11-6-12-23-46/h4-36,38-41,59H,1-2,42H2,3H3/b34-33-,62-60?. The lowest BCUT2D eigenvalue weighted by Gasteiger charge is -2.15. The monoisotopic (exact) mass is 793 g/mol. The maximum atomic E-state index is 5.30. The molecule has 62 heavy (non-hydrogen) atoms. The Hall–Kier alpha value is -7.83. The highest BCUT2D eigenvalue weighted by Gasteiger charge is 2.31. The van der Waals surface area contributed by atoms with E-state index in [0.29, 0.717) is 6.42 Å². The lowest BCUT2D eigenvalue weighted by Crippen LogP contribution is -2.02. The van der Waals surface area contributed by atoms with Crippen molar-refractivity contribution >= 4 is 23.4 Å². The molecule has 0 saturated heterocycles. The fraction of sp³-hybridized carbons (Fsp3) is 0.0492. The molecule has 0 bridgehead atoms. The number of benzene rings is 8. The number of hydrogen-bond acceptors (Lipinski definition) is 1. The minimum absolute atomic E-state index is 0.0292. The first kappa shape index (κ1) is 39.6. The maximum Gasteiger partial charge on any atom is 0.0837 e. The van der Waals surface area contributed by atoms with Gasteiger partial charge in [-0.05, 0) is 109 Å². The molecule has 0 aromatic heterocycles. The normalized spacial score (nSPS) is 12.9. The molecule has 296 valence electrons. The first-order chi connectivity index (χ1) is 30.5. The van der Waals surface area contributed by atoms with Gasteiger partial charge in [-0.15, -0.1) is 0 Å². The highest BCUT2D eigenvalue weighted by Crippen LogP contribution is 2.50. The van der Waals surface area contributed by atoms with Crippen LogP contribution in [0, 0.1) is 6.92 Å². The molecular weight excluding hydrogens is 747 g/mol. The second-order valence-electron chi connectivity index (χ2n) is 15.7. The summed E-state index contributed by atoms with van der Waals surface area (Å²) in [4.78, 5) is 5.30. The molecule has 0 spiro atoms. The molecule has 0 amide bonds. The molecule has 1 unspecified atom stereocenters. The van der Waals surface area contributed by atoms with Crippen molar-refractivity contribution in [2.24, 2.45) is 4.99 Å². The molecule has 1 heteroatoms. The second-order valence-corrected chi connectivity index (χ2v) is 15.7. The SMILES string of the molecule is C=CC(=NC(=C=CC(=C)c1ccccc1)CC1c2cc(-c3ccccc3)ccc2-c2c(/C=C\c3ccccc3-c3ccc(-c4ccccc4)cc3C)cccc21)c1ccccc1. The van der Waals surface area contributed by atoms with E-state index in [1.54, 1.807) is 0 Å². The number of aliphatic imine (C=N–C) groups is 1. The predicted molar refractivity (Wildman–Crippen MR) is 265 cm³/mol. The summed E-state index contributed by atoms with van der Waals surface area (Å²) in [5.74, 6) is 0.0292. The van der Waals surface area contributed by atoms with Crippen molar-refractivity contribution in [3.8, 4) is 44.5 Å². The quantitative estimate of drug-likeness (QED) is 0.0506. The van der Waals surface area contributed by atoms with Gasteiger partial charge in [-0.2, -0.15) is 0 Å². The summed E-state index contributed by atoms with van der Waals surface area (Å²) in [6.45, 7) is 10.8. The lowest BCUT2D eigenvalue weighted by atomic mass is 9.90. The van der Waals surface area contributed by atoms with Crippen LogP contribution in [0.5, 0.6) is 0 Å². The van der Waals surface area contributed by atoms with Gasteiger partial charge in [0.25, 0.3) is 0 Å². The van der Waals surface area contributed by atoms with Gasteiger partial charge in [0.05, 0.1) is 11.4 Å². The predicted octanol–water partition coefficient (Wildman–Crippen LogP) is 16.1. The van der Waals surface area contributed by atoms with Gasteiger partial charge in [0.15, 0.2) is 0 Å². The molecule has 0 fully saturated rings. The van der Waals surface area contributed by atoms with Gasteiger partial charge in [0, 0.05) is 17.9 Å². The molecule has 0 heterocycles. The van der Waals surface area contributed by atoms with Crippen LogP contribution in [0.15, 0.2) is 242 Å². The van der Waals surface area contributed by atoms with E-state index in [9.17, 15) is 0 Å². The van der Waals surface area contributed by atoms with Crippen LogP contribution >= 0.6 is 0 Å². The van der Waals surface area contributed by atoms with Crippen LogP contribution in [-0.4, -0.2) is 5.71 Å². The molecule has 1 nitrogen and oxygen atoms in total. The summed E-state index contributed by atoms with van der Waals surface area (Å²) >= 11 is 0. The average molecular weight is 794 g/mol. The van der Waals surface area contributed by atoms with E-state index in [0.717, 1.165) is 28.1 Å². The third kappa shape index (κ3) is 8.45. The van der Waals surface area contributed by atoms with E-state index in [1.807, 2.05) is 48.6 Å². The number of fused-ring (bicyclic) bond motifs is 3. The number of nitrogens with zero attached hydrogens (tertiary/aromatic N) is 1. The van der Waals surface area contributed by atoms with E-state index < -0.39 is 0 Å². The molecule has 0 N–H and O–H groups in total. The van der Waals surface area contributed by atoms with Crippen molar-refractivity contribution in [1.82, 2.24) is 0 Å². The molecule has 9 rings (SSSR count). The fourth-order valence-corrected chi connectivity index (χ4v) is 8.67. The zero-order chi connectivity index (χ0) is 42.3. The molecular formula is C61H47N. The van der Waals surface area contributed by atoms with E-state index in [4.69, 9.17) is 4.99 Å². The summed E-state index contributed by atoms with van der Waals surface area (Å²) in [6.07, 6.45) is 9.03. The minimum Gasteiger partial charge on any atom is -0.244 e. The van der Waals surface area contributed by atoms with Crippen LogP contribution in [-0.2, 0) is 0 Å². The molecule has 1 atom stereocenters. The van der Waals surface area contributed by atoms with Crippen LogP contribution in [0.4, 0.5) is 0 Å². The van der Waals surface area contributed by atoms with Crippen LogP contribution in [0.3, 0.4) is 0 Å². The van der Waals surface area contributed by atoms with E-state index in [-0.39, 0.29) is 5.92 Å². The largest absolute Gasteiger partial charge is 0.244 e. The summed E-state index contributed by atoms with van der Waals surface area (Å²) in [5.41, 5.74) is 24.2. The van der Waals surface area contributed by atoms with E-state index in [1.165, 1.54) is 72.3 Å². The third-order valence-corrected chi connectivity index (χ3v) is 11.8. The van der Waals surface area contributed by atoms with Gasteiger partial charge in [-0.25, -0.2) is 4.99 Å². The zero-order valence-corrected chi connectivity index (χ0v) is 35.0. The van der Waals surface area contributed by atoms with Crippen LogP contribution in [0.25, 0.3) is 62.2 Å². The summed E-state index contributed by atoms with van der Waals surface area (Å²) in [5, 5.41) is 0. The summed E-state index contributed by atoms with van der Waals surface area (Å²) < 4.78 is 0. The Morgan fingerprint density at radius 1 is 0.532 bits per heavy atom. The Balaban J connectivity index is 1.14. The van der Waals surface area contributed by atoms with Crippen molar-refractivity contribution in [2.75, 3.05) is 0 Å². The van der Waals surface area contributed by atoms with Crippen molar-refractivity contribution < 1.29 is 0 Å². The van der Waals surface area contributed by atoms with Gasteiger partial charge in [0.2, 0.25) is 0 Å². The maximum absolute atomic E-state index is 5.30. The number of rotatable bonds is 12. The van der Waals surface area contributed by atoms with Crippen LogP contribution < -0.4 is 0 Å². The van der Waals surface area contributed by atoms with E-state index in [2.05, 4.69) is 202 Å². The topological polar surface area (TPSA) is 12.4 Å². The molecule has 0 aliphatic heterocycles. The Kier molecular flexibility index (Phi) is 11.6. The molecule has 1 aliphatic rings. The molecule has 0 radical (unpaired) electrons. The van der Waals surface area contributed by atoms with Gasteiger partial charge in [-0.3, -0.25) is 0 Å². The highest BCUT2D eigenvalue weighted by molar-refractivity contribution is 6.09. The first-order valence-electron chi connectivity index (χ1n) is 21.3. The van der Waals surface area contributed by atoms with Crippen molar-refractivity contribution in [1.29, 1.82) is 0 Å². The van der Waals surface area contributed by atoms with Gasteiger partial charge in [-0.1, -0.05) is 225 Å².